The zero-order valence-electron chi connectivity index (χ0n) is 12.8. The van der Waals surface area contributed by atoms with Crippen molar-refractivity contribution in [3.63, 3.8) is 0 Å². The van der Waals surface area contributed by atoms with E-state index in [1.54, 1.807) is 0 Å². The number of nitrogens with two attached hydrogens (primary N) is 1. The Morgan fingerprint density at radius 3 is 2.76 bits per heavy atom. The standard InChI is InChI=1S/C17H24N2O2/c1-3-20-17(9-4-5-10-17)16(19-18)14-11-13-8-6-7-12(2)15(13)21-14/h6-8,11,16,19H,3-5,9-10,18H2,1-2H3. The number of aryl methyl sites for hydroxylation is 1. The Kier molecular flexibility index (Phi) is 4.02. The van der Waals surface area contributed by atoms with E-state index in [-0.39, 0.29) is 11.6 Å². The second-order valence-electron chi connectivity index (χ2n) is 5.95. The number of nitrogens with one attached hydrogen (secondary N) is 1. The lowest BCUT2D eigenvalue weighted by atomic mass is 9.90. The molecular weight excluding hydrogens is 264 g/mol. The fourth-order valence-electron chi connectivity index (χ4n) is 3.64. The van der Waals surface area contributed by atoms with Gasteiger partial charge in [-0.2, -0.15) is 0 Å². The van der Waals surface area contributed by atoms with Gasteiger partial charge in [-0.1, -0.05) is 31.0 Å². The number of hydrazine groups is 1. The molecule has 0 aliphatic heterocycles. The molecule has 2 aromatic rings. The summed E-state index contributed by atoms with van der Waals surface area (Å²) in [5, 5.41) is 1.12. The number of para-hydroxylation sites is 1. The molecule has 1 saturated carbocycles. The van der Waals surface area contributed by atoms with Gasteiger partial charge in [-0.3, -0.25) is 5.84 Å². The molecule has 3 N–H and O–H groups in total. The molecule has 3 rings (SSSR count). The van der Waals surface area contributed by atoms with Crippen LogP contribution in [-0.4, -0.2) is 12.2 Å². The van der Waals surface area contributed by atoms with E-state index >= 15 is 0 Å². The van der Waals surface area contributed by atoms with Crippen molar-refractivity contribution >= 4 is 11.0 Å². The van der Waals surface area contributed by atoms with Crippen LogP contribution in [-0.2, 0) is 4.74 Å². The fourth-order valence-corrected chi connectivity index (χ4v) is 3.64. The molecule has 21 heavy (non-hydrogen) atoms. The Balaban J connectivity index is 2.02. The summed E-state index contributed by atoms with van der Waals surface area (Å²) >= 11 is 0. The van der Waals surface area contributed by atoms with E-state index in [0.29, 0.717) is 6.61 Å². The van der Waals surface area contributed by atoms with Crippen LogP contribution >= 0.6 is 0 Å². The summed E-state index contributed by atoms with van der Waals surface area (Å²) in [6.45, 7) is 4.79. The minimum absolute atomic E-state index is 0.105. The quantitative estimate of drug-likeness (QED) is 0.652. The molecule has 0 spiro atoms. The summed E-state index contributed by atoms with van der Waals surface area (Å²) in [6.07, 6.45) is 4.40. The van der Waals surface area contributed by atoms with Crippen molar-refractivity contribution in [3.8, 4) is 0 Å². The van der Waals surface area contributed by atoms with Gasteiger partial charge in [0.2, 0.25) is 0 Å². The Morgan fingerprint density at radius 2 is 2.14 bits per heavy atom. The van der Waals surface area contributed by atoms with E-state index in [9.17, 15) is 0 Å². The summed E-state index contributed by atoms with van der Waals surface area (Å²) in [5.74, 6) is 6.74. The fraction of sp³-hybridized carbons (Fsp3) is 0.529. The topological polar surface area (TPSA) is 60.4 Å². The molecule has 0 amide bonds. The van der Waals surface area contributed by atoms with E-state index in [1.165, 1.54) is 12.8 Å². The van der Waals surface area contributed by atoms with E-state index in [1.807, 2.05) is 6.92 Å². The first-order valence-corrected chi connectivity index (χ1v) is 7.79. The molecule has 1 unspecified atom stereocenters. The van der Waals surface area contributed by atoms with Crippen molar-refractivity contribution in [3.05, 3.63) is 35.6 Å². The van der Waals surface area contributed by atoms with Crippen molar-refractivity contribution in [2.45, 2.75) is 51.2 Å². The first kappa shape index (κ1) is 14.6. The SMILES string of the molecule is CCOC1(C(NN)c2cc3cccc(C)c3o2)CCCC1. The van der Waals surface area contributed by atoms with Gasteiger partial charge in [-0.05, 0) is 38.3 Å². The molecule has 0 radical (unpaired) electrons. The van der Waals surface area contributed by atoms with E-state index in [2.05, 4.69) is 36.6 Å². The van der Waals surface area contributed by atoms with Crippen molar-refractivity contribution in [1.82, 2.24) is 5.43 Å². The van der Waals surface area contributed by atoms with Crippen molar-refractivity contribution in [2.24, 2.45) is 5.84 Å². The number of furan rings is 1. The number of benzene rings is 1. The van der Waals surface area contributed by atoms with Crippen LogP contribution in [0.25, 0.3) is 11.0 Å². The van der Waals surface area contributed by atoms with Crippen LogP contribution in [0.3, 0.4) is 0 Å². The Morgan fingerprint density at radius 1 is 1.38 bits per heavy atom. The van der Waals surface area contributed by atoms with Crippen LogP contribution in [0.2, 0.25) is 0 Å². The third-order valence-corrected chi connectivity index (χ3v) is 4.62. The summed E-state index contributed by atoms with van der Waals surface area (Å²) in [5.41, 5.74) is 4.79. The average molecular weight is 288 g/mol. The average Bonchev–Trinajstić information content (AvgIpc) is 3.09. The maximum absolute atomic E-state index is 6.12. The van der Waals surface area contributed by atoms with E-state index < -0.39 is 0 Å². The Hall–Kier alpha value is -1.36. The molecule has 1 heterocycles. The zero-order chi connectivity index (χ0) is 14.9. The highest BCUT2D eigenvalue weighted by Gasteiger charge is 2.44. The van der Waals surface area contributed by atoms with Crippen molar-refractivity contribution in [2.75, 3.05) is 6.61 Å². The third kappa shape index (κ3) is 2.48. The zero-order valence-corrected chi connectivity index (χ0v) is 12.8. The predicted molar refractivity (Wildman–Crippen MR) is 83.8 cm³/mol. The minimum atomic E-state index is -0.245. The van der Waals surface area contributed by atoms with Gasteiger partial charge in [0.25, 0.3) is 0 Å². The first-order chi connectivity index (χ1) is 10.2. The van der Waals surface area contributed by atoms with Gasteiger partial charge in [-0.25, -0.2) is 5.43 Å². The molecule has 114 valence electrons. The summed E-state index contributed by atoms with van der Waals surface area (Å²) in [7, 11) is 0. The molecule has 1 aliphatic carbocycles. The number of fused-ring (bicyclic) bond motifs is 1. The number of ether oxygens (including phenoxy) is 1. The van der Waals surface area contributed by atoms with Crippen molar-refractivity contribution in [1.29, 1.82) is 0 Å². The van der Waals surface area contributed by atoms with Gasteiger partial charge in [0.05, 0.1) is 5.60 Å². The monoisotopic (exact) mass is 288 g/mol. The number of hydrogen-bond acceptors (Lipinski definition) is 4. The second-order valence-corrected chi connectivity index (χ2v) is 5.95. The summed E-state index contributed by atoms with van der Waals surface area (Å²) in [4.78, 5) is 0. The van der Waals surface area contributed by atoms with Gasteiger partial charge in [0.15, 0.2) is 0 Å². The molecule has 1 fully saturated rings. The normalized spacial score (nSPS) is 19.2. The van der Waals surface area contributed by atoms with Gasteiger partial charge < -0.3 is 9.15 Å². The minimum Gasteiger partial charge on any atom is -0.459 e. The molecule has 4 nitrogen and oxygen atoms in total. The van der Waals surface area contributed by atoms with Gasteiger partial charge >= 0.3 is 0 Å². The lowest BCUT2D eigenvalue weighted by Gasteiger charge is -2.35. The predicted octanol–water partition coefficient (Wildman–Crippen LogP) is 3.59. The van der Waals surface area contributed by atoms with Crippen LogP contribution < -0.4 is 11.3 Å². The van der Waals surface area contributed by atoms with Crippen LogP contribution in [0.15, 0.2) is 28.7 Å². The van der Waals surface area contributed by atoms with Gasteiger partial charge in [-0.15, -0.1) is 0 Å². The van der Waals surface area contributed by atoms with Gasteiger partial charge in [0, 0.05) is 12.0 Å². The molecule has 1 aliphatic rings. The van der Waals surface area contributed by atoms with Gasteiger partial charge in [0.1, 0.15) is 17.4 Å². The van der Waals surface area contributed by atoms with Crippen LogP contribution in [0, 0.1) is 6.92 Å². The van der Waals surface area contributed by atoms with Crippen LogP contribution in [0.1, 0.15) is 50.0 Å². The molecular formula is C17H24N2O2. The smallest absolute Gasteiger partial charge is 0.137 e. The Bertz CT molecular complexity index is 614. The lowest BCUT2D eigenvalue weighted by Crippen LogP contribution is -2.46. The van der Waals surface area contributed by atoms with Crippen LogP contribution in [0.4, 0.5) is 0 Å². The molecule has 1 atom stereocenters. The van der Waals surface area contributed by atoms with E-state index in [0.717, 1.165) is 35.1 Å². The molecule has 1 aromatic heterocycles. The molecule has 1 aromatic carbocycles. The first-order valence-electron chi connectivity index (χ1n) is 7.79. The summed E-state index contributed by atoms with van der Waals surface area (Å²) in [6, 6.07) is 8.17. The van der Waals surface area contributed by atoms with Crippen LogP contribution in [0.5, 0.6) is 0 Å². The second kappa shape index (κ2) is 5.79. The molecule has 0 saturated heterocycles. The lowest BCUT2D eigenvalue weighted by molar-refractivity contribution is -0.0669. The largest absolute Gasteiger partial charge is 0.459 e. The Labute approximate surface area is 125 Å². The highest BCUT2D eigenvalue weighted by molar-refractivity contribution is 5.81. The van der Waals surface area contributed by atoms with Crippen molar-refractivity contribution < 1.29 is 9.15 Å². The number of hydrogen-bond donors (Lipinski definition) is 2. The molecule has 0 bridgehead atoms. The highest BCUT2D eigenvalue weighted by atomic mass is 16.5. The maximum Gasteiger partial charge on any atom is 0.137 e. The highest BCUT2D eigenvalue weighted by Crippen LogP contribution is 2.43. The summed E-state index contributed by atoms with van der Waals surface area (Å²) < 4.78 is 12.2. The maximum atomic E-state index is 6.12. The molecule has 4 heteroatoms. The third-order valence-electron chi connectivity index (χ3n) is 4.62. The number of rotatable bonds is 5. The van der Waals surface area contributed by atoms with E-state index in [4.69, 9.17) is 15.0 Å².